The summed E-state index contributed by atoms with van der Waals surface area (Å²) < 4.78 is 0. The average molecular weight is 356 g/mol. The summed E-state index contributed by atoms with van der Waals surface area (Å²) in [6.07, 6.45) is 4.89. The normalized spacial score (nSPS) is 10.9. The zero-order valence-corrected chi connectivity index (χ0v) is 14.8. The third-order valence-electron chi connectivity index (χ3n) is 4.67. The molecule has 0 bridgehead atoms. The number of aromatic amines is 1. The van der Waals surface area contributed by atoms with Crippen LogP contribution in [-0.2, 0) is 0 Å². The lowest BCUT2D eigenvalue weighted by Crippen LogP contribution is -1.94. The summed E-state index contributed by atoms with van der Waals surface area (Å²) in [7, 11) is 0. The summed E-state index contributed by atoms with van der Waals surface area (Å²) in [5.74, 6) is 0.385. The first-order valence-corrected chi connectivity index (χ1v) is 8.29. The number of nitrogens with one attached hydrogen (secondary N) is 1. The van der Waals surface area contributed by atoms with Crippen LogP contribution in [0.3, 0.4) is 0 Å². The number of phenolic OH excluding ortho intramolecular Hbond substituents is 1. The van der Waals surface area contributed by atoms with Gasteiger partial charge in [0, 0.05) is 35.1 Å². The van der Waals surface area contributed by atoms with Crippen LogP contribution in [0, 0.1) is 25.2 Å². The SMILES string of the molecule is Cc1ccc(O)c(C)c1-c1cnc2[nH]c(-c3cnc(N)nc3)cc2c1C#N. The number of aromatic nitrogens is 4. The summed E-state index contributed by atoms with van der Waals surface area (Å²) >= 11 is 0. The molecule has 4 aromatic rings. The second-order valence-electron chi connectivity index (χ2n) is 6.34. The molecule has 0 unspecified atom stereocenters. The van der Waals surface area contributed by atoms with Gasteiger partial charge in [-0.3, -0.25) is 0 Å². The van der Waals surface area contributed by atoms with Gasteiger partial charge in [0.1, 0.15) is 17.5 Å². The molecule has 0 atom stereocenters. The van der Waals surface area contributed by atoms with Crippen molar-refractivity contribution in [3.63, 3.8) is 0 Å². The minimum absolute atomic E-state index is 0.188. The number of rotatable bonds is 2. The number of hydrogen-bond acceptors (Lipinski definition) is 6. The predicted octanol–water partition coefficient (Wildman–Crippen LogP) is 3.46. The van der Waals surface area contributed by atoms with Gasteiger partial charge < -0.3 is 15.8 Å². The van der Waals surface area contributed by atoms with E-state index < -0.39 is 0 Å². The van der Waals surface area contributed by atoms with E-state index in [9.17, 15) is 10.4 Å². The Balaban J connectivity index is 1.96. The Bertz CT molecular complexity index is 1220. The molecular formula is C20H16N6O. The van der Waals surface area contributed by atoms with Crippen molar-refractivity contribution in [2.75, 3.05) is 5.73 Å². The number of pyridine rings is 1. The number of H-pyrrole nitrogens is 1. The first-order valence-electron chi connectivity index (χ1n) is 8.29. The van der Waals surface area contributed by atoms with Crippen molar-refractivity contribution < 1.29 is 5.11 Å². The molecule has 0 saturated heterocycles. The van der Waals surface area contributed by atoms with Crippen molar-refractivity contribution >= 4 is 17.0 Å². The number of benzene rings is 1. The minimum atomic E-state index is 0.188. The van der Waals surface area contributed by atoms with Gasteiger partial charge in [-0.1, -0.05) is 6.07 Å². The number of aryl methyl sites for hydroxylation is 1. The minimum Gasteiger partial charge on any atom is -0.508 e. The lowest BCUT2D eigenvalue weighted by molar-refractivity contribution is 0.471. The van der Waals surface area contributed by atoms with Gasteiger partial charge in [0.25, 0.3) is 0 Å². The molecule has 0 aliphatic rings. The molecule has 0 aliphatic heterocycles. The Labute approximate surface area is 155 Å². The van der Waals surface area contributed by atoms with Crippen molar-refractivity contribution in [3.05, 3.63) is 53.5 Å². The van der Waals surface area contributed by atoms with E-state index in [0.717, 1.165) is 27.9 Å². The molecule has 3 aromatic heterocycles. The first kappa shape index (κ1) is 16.5. The van der Waals surface area contributed by atoms with E-state index in [2.05, 4.69) is 26.0 Å². The summed E-state index contributed by atoms with van der Waals surface area (Å²) in [6.45, 7) is 3.78. The molecular weight excluding hydrogens is 340 g/mol. The lowest BCUT2D eigenvalue weighted by atomic mass is 9.92. The summed E-state index contributed by atoms with van der Waals surface area (Å²) in [5.41, 5.74) is 11.3. The monoisotopic (exact) mass is 356 g/mol. The van der Waals surface area contributed by atoms with Gasteiger partial charge >= 0.3 is 0 Å². The zero-order chi connectivity index (χ0) is 19.1. The Hall–Kier alpha value is -3.92. The highest BCUT2D eigenvalue weighted by atomic mass is 16.3. The molecule has 7 nitrogen and oxygen atoms in total. The molecule has 7 heteroatoms. The number of fused-ring (bicyclic) bond motifs is 1. The van der Waals surface area contributed by atoms with E-state index >= 15 is 0 Å². The van der Waals surface area contributed by atoms with Crippen LogP contribution >= 0.6 is 0 Å². The van der Waals surface area contributed by atoms with Gasteiger partial charge in [0.2, 0.25) is 5.95 Å². The van der Waals surface area contributed by atoms with Crippen molar-refractivity contribution in [2.45, 2.75) is 13.8 Å². The number of anilines is 1. The Morgan fingerprint density at radius 3 is 2.56 bits per heavy atom. The van der Waals surface area contributed by atoms with Crippen LogP contribution in [0.1, 0.15) is 16.7 Å². The van der Waals surface area contributed by atoms with Crippen LogP contribution in [-0.4, -0.2) is 25.0 Å². The third kappa shape index (κ3) is 2.64. The Kier molecular flexibility index (Phi) is 3.74. The third-order valence-corrected chi connectivity index (χ3v) is 4.67. The molecule has 0 spiro atoms. The van der Waals surface area contributed by atoms with E-state index in [1.54, 1.807) is 24.7 Å². The highest BCUT2D eigenvalue weighted by Crippen LogP contribution is 2.37. The van der Waals surface area contributed by atoms with Crippen molar-refractivity contribution in [1.29, 1.82) is 5.26 Å². The largest absolute Gasteiger partial charge is 0.508 e. The molecule has 3 heterocycles. The van der Waals surface area contributed by atoms with Crippen LogP contribution < -0.4 is 5.73 Å². The maximum atomic E-state index is 10.1. The first-order chi connectivity index (χ1) is 13.0. The zero-order valence-electron chi connectivity index (χ0n) is 14.8. The predicted molar refractivity (Wildman–Crippen MR) is 103 cm³/mol. The fourth-order valence-corrected chi connectivity index (χ4v) is 3.27. The standard InChI is InChI=1S/C20H16N6O/c1-10-3-4-17(27)11(2)18(10)15-9-23-19-13(14(15)6-21)5-16(26-19)12-7-24-20(22)25-8-12/h3-5,7-9,27H,1-2H3,(H,23,26)(H2,22,24,25). The van der Waals surface area contributed by atoms with Crippen molar-refractivity contribution in [3.8, 4) is 34.2 Å². The number of nitrogens with zero attached hydrogens (tertiary/aromatic N) is 4. The van der Waals surface area contributed by atoms with E-state index in [0.29, 0.717) is 22.2 Å². The highest BCUT2D eigenvalue weighted by molar-refractivity contribution is 5.94. The summed E-state index contributed by atoms with van der Waals surface area (Å²) in [6, 6.07) is 7.63. The van der Waals surface area contributed by atoms with Crippen molar-refractivity contribution in [2.24, 2.45) is 0 Å². The fraction of sp³-hybridized carbons (Fsp3) is 0.100. The lowest BCUT2D eigenvalue weighted by Gasteiger charge is -2.13. The van der Waals surface area contributed by atoms with Crippen molar-refractivity contribution in [1.82, 2.24) is 19.9 Å². The van der Waals surface area contributed by atoms with Gasteiger partial charge in [-0.15, -0.1) is 0 Å². The summed E-state index contributed by atoms with van der Waals surface area (Å²) in [4.78, 5) is 15.7. The van der Waals surface area contributed by atoms with Crippen LogP contribution in [0.2, 0.25) is 0 Å². The maximum absolute atomic E-state index is 10.1. The van der Waals surface area contributed by atoms with E-state index in [1.807, 2.05) is 26.0 Å². The number of nitrogen functional groups attached to an aromatic ring is 1. The summed E-state index contributed by atoms with van der Waals surface area (Å²) in [5, 5.41) is 20.7. The molecule has 0 amide bonds. The van der Waals surface area contributed by atoms with E-state index in [-0.39, 0.29) is 11.7 Å². The molecule has 4 N–H and O–H groups in total. The van der Waals surface area contributed by atoms with Gasteiger partial charge in [0.15, 0.2) is 0 Å². The topological polar surface area (TPSA) is 124 Å². The number of phenols is 1. The van der Waals surface area contributed by atoms with Gasteiger partial charge in [0.05, 0.1) is 11.3 Å². The molecule has 0 radical (unpaired) electrons. The highest BCUT2D eigenvalue weighted by Gasteiger charge is 2.18. The number of nitriles is 1. The number of aromatic hydroxyl groups is 1. The molecule has 4 rings (SSSR count). The number of hydrogen-bond donors (Lipinski definition) is 3. The van der Waals surface area contributed by atoms with E-state index in [4.69, 9.17) is 5.73 Å². The fourth-order valence-electron chi connectivity index (χ4n) is 3.27. The Morgan fingerprint density at radius 1 is 1.11 bits per heavy atom. The van der Waals surface area contributed by atoms with Crippen LogP contribution in [0.15, 0.2) is 36.8 Å². The van der Waals surface area contributed by atoms with E-state index in [1.165, 1.54) is 0 Å². The second-order valence-corrected chi connectivity index (χ2v) is 6.34. The van der Waals surface area contributed by atoms with Crippen LogP contribution in [0.4, 0.5) is 5.95 Å². The Morgan fingerprint density at radius 2 is 1.85 bits per heavy atom. The molecule has 132 valence electrons. The molecule has 0 fully saturated rings. The maximum Gasteiger partial charge on any atom is 0.219 e. The second kappa shape index (κ2) is 6.11. The number of nitrogens with two attached hydrogens (primary N) is 1. The smallest absolute Gasteiger partial charge is 0.219 e. The average Bonchev–Trinajstić information content (AvgIpc) is 3.09. The van der Waals surface area contributed by atoms with Crippen LogP contribution in [0.25, 0.3) is 33.4 Å². The molecule has 27 heavy (non-hydrogen) atoms. The quantitative estimate of drug-likeness (QED) is 0.505. The molecule has 0 aliphatic carbocycles. The molecule has 1 aromatic carbocycles. The molecule has 0 saturated carbocycles. The van der Waals surface area contributed by atoms with Gasteiger partial charge in [-0.25, -0.2) is 15.0 Å². The van der Waals surface area contributed by atoms with Crippen LogP contribution in [0.5, 0.6) is 5.75 Å². The van der Waals surface area contributed by atoms with Gasteiger partial charge in [-0.2, -0.15) is 5.26 Å². The van der Waals surface area contributed by atoms with Gasteiger partial charge in [-0.05, 0) is 42.7 Å².